The number of ether oxygens (including phenoxy) is 2. The Bertz CT molecular complexity index is 2750. The van der Waals surface area contributed by atoms with Crippen molar-refractivity contribution in [2.75, 3.05) is 111 Å². The Morgan fingerprint density at radius 3 is 2.44 bits per heavy atom. The van der Waals surface area contributed by atoms with Gasteiger partial charge in [-0.05, 0) is 118 Å². The molecular formula is C56H75F2N11O6. The Balaban J connectivity index is 0.797. The third kappa shape index (κ3) is 13.3. The van der Waals surface area contributed by atoms with Crippen LogP contribution in [0.3, 0.4) is 0 Å². The number of amidine groups is 1. The van der Waals surface area contributed by atoms with E-state index in [0.29, 0.717) is 87.4 Å². The fourth-order valence-corrected chi connectivity index (χ4v) is 11.1. The average Bonchev–Trinajstić information content (AvgIpc) is 3.73. The summed E-state index contributed by atoms with van der Waals surface area (Å²) in [4.78, 5) is 62.8. The highest BCUT2D eigenvalue weighted by atomic mass is 19.3. The van der Waals surface area contributed by atoms with Gasteiger partial charge in [0.05, 0.1) is 43.3 Å². The SMILES string of the molecule is CCN(C=N)C(=N)CC1(c2cccc(-n3cc4c(C(C)(F)F)cc(CN5CCC=C(OCCN6CCC(CN7CCN(c8ccc(C=O)c(CN(C)C(C=O)CCC(=O)NC)c8)CC7)CC6)C5)cn4c3=O)c2)COC1. The van der Waals surface area contributed by atoms with Gasteiger partial charge in [-0.1, -0.05) is 12.1 Å². The number of rotatable bonds is 24. The van der Waals surface area contributed by atoms with E-state index in [1.807, 2.05) is 49.2 Å². The monoisotopic (exact) mass is 1040 g/mol. The van der Waals surface area contributed by atoms with Crippen LogP contribution in [0.15, 0.2) is 77.6 Å². The number of nitrogens with zero attached hydrogens (tertiary/aromatic N) is 8. The Labute approximate surface area is 439 Å². The van der Waals surface area contributed by atoms with Crippen molar-refractivity contribution in [2.45, 2.75) is 82.8 Å². The Kier molecular flexibility index (Phi) is 18.2. The van der Waals surface area contributed by atoms with E-state index in [1.54, 1.807) is 24.2 Å². The summed E-state index contributed by atoms with van der Waals surface area (Å²) in [5.74, 6) is -1.53. The van der Waals surface area contributed by atoms with Crippen molar-refractivity contribution in [2.24, 2.45) is 5.92 Å². The number of aldehydes is 2. The van der Waals surface area contributed by atoms with E-state index in [9.17, 15) is 19.2 Å². The van der Waals surface area contributed by atoms with Gasteiger partial charge in [-0.15, -0.1) is 0 Å². The molecule has 6 heterocycles. The van der Waals surface area contributed by atoms with Crippen molar-refractivity contribution in [3.05, 3.63) is 111 Å². The number of hydrogen-bond acceptors (Lipinski definition) is 13. The molecule has 0 saturated carbocycles. The first kappa shape index (κ1) is 55.1. The third-order valence-electron chi connectivity index (χ3n) is 15.7. The molecule has 4 aliphatic heterocycles. The minimum atomic E-state index is -3.21. The predicted molar refractivity (Wildman–Crippen MR) is 287 cm³/mol. The van der Waals surface area contributed by atoms with Gasteiger partial charge < -0.3 is 29.4 Å². The summed E-state index contributed by atoms with van der Waals surface area (Å²) < 4.78 is 45.6. The molecule has 1 atom stereocenters. The normalized spacial score (nSPS) is 18.3. The first-order valence-electron chi connectivity index (χ1n) is 26.5. The Morgan fingerprint density at radius 2 is 1.77 bits per heavy atom. The smallest absolute Gasteiger partial charge is 0.337 e. The van der Waals surface area contributed by atoms with E-state index in [1.165, 1.54) is 21.2 Å². The lowest BCUT2D eigenvalue weighted by molar-refractivity contribution is -0.121. The minimum absolute atomic E-state index is 0.109. The van der Waals surface area contributed by atoms with Crippen LogP contribution in [0, 0.1) is 16.7 Å². The number of amides is 1. The molecule has 3 saturated heterocycles. The van der Waals surface area contributed by atoms with E-state index in [-0.39, 0.29) is 23.4 Å². The zero-order valence-corrected chi connectivity index (χ0v) is 44.1. The molecule has 0 aliphatic carbocycles. The van der Waals surface area contributed by atoms with Crippen LogP contribution >= 0.6 is 0 Å². The fourth-order valence-electron chi connectivity index (χ4n) is 11.1. The van der Waals surface area contributed by atoms with Crippen molar-refractivity contribution in [1.82, 2.24) is 38.8 Å². The number of piperidine rings is 1. The number of carbonyl (C=O) groups is 3. The van der Waals surface area contributed by atoms with Crippen LogP contribution in [0.4, 0.5) is 14.5 Å². The molecule has 8 rings (SSSR count). The van der Waals surface area contributed by atoms with Gasteiger partial charge in [0.2, 0.25) is 5.91 Å². The highest BCUT2D eigenvalue weighted by molar-refractivity contribution is 5.90. The van der Waals surface area contributed by atoms with Crippen LogP contribution in [0.2, 0.25) is 0 Å². The molecule has 404 valence electrons. The number of nitrogens with one attached hydrogen (secondary N) is 3. The number of piperazine rings is 1. The van der Waals surface area contributed by atoms with Crippen LogP contribution in [0.1, 0.15) is 85.0 Å². The summed E-state index contributed by atoms with van der Waals surface area (Å²) in [7, 11) is 3.43. The topological polar surface area (TPSA) is 175 Å². The number of likely N-dealkylation sites (tertiary alicyclic amines) is 1. The molecule has 2 aromatic carbocycles. The number of anilines is 1. The van der Waals surface area contributed by atoms with Gasteiger partial charge in [0.15, 0.2) is 0 Å². The molecular weight excluding hydrogens is 961 g/mol. The van der Waals surface area contributed by atoms with Gasteiger partial charge in [-0.25, -0.2) is 13.6 Å². The molecule has 4 aliphatic rings. The van der Waals surface area contributed by atoms with Gasteiger partial charge >= 0.3 is 5.69 Å². The minimum Gasteiger partial charge on any atom is -0.496 e. The molecule has 3 N–H and O–H groups in total. The lowest BCUT2D eigenvalue weighted by Gasteiger charge is -2.43. The molecule has 75 heavy (non-hydrogen) atoms. The number of pyridine rings is 1. The highest BCUT2D eigenvalue weighted by Crippen LogP contribution is 2.38. The lowest BCUT2D eigenvalue weighted by atomic mass is 9.75. The van der Waals surface area contributed by atoms with E-state index >= 15 is 8.78 Å². The lowest BCUT2D eigenvalue weighted by Crippen LogP contribution is -2.50. The molecule has 0 radical (unpaired) electrons. The zero-order chi connectivity index (χ0) is 53.3. The Hall–Kier alpha value is -6.12. The number of fused-ring (bicyclic) bond motifs is 1. The Morgan fingerprint density at radius 1 is 1.00 bits per heavy atom. The van der Waals surface area contributed by atoms with Gasteiger partial charge in [0.25, 0.3) is 5.92 Å². The summed E-state index contributed by atoms with van der Waals surface area (Å²) >= 11 is 0. The number of likely N-dealkylation sites (N-methyl/N-ethyl adjacent to an activating group) is 1. The molecule has 1 amide bonds. The van der Waals surface area contributed by atoms with Gasteiger partial charge in [-0.3, -0.25) is 49.0 Å². The van der Waals surface area contributed by atoms with Crippen LogP contribution < -0.4 is 15.9 Å². The molecule has 0 bridgehead atoms. The van der Waals surface area contributed by atoms with E-state index in [2.05, 4.69) is 37.1 Å². The molecule has 2 aromatic heterocycles. The van der Waals surface area contributed by atoms with Crippen LogP contribution in [0.25, 0.3) is 11.2 Å². The number of carbonyl (C=O) groups excluding carboxylic acids is 3. The summed E-state index contributed by atoms with van der Waals surface area (Å²) in [6.45, 7) is 14.3. The van der Waals surface area contributed by atoms with Crippen molar-refractivity contribution >= 4 is 41.9 Å². The first-order valence-corrected chi connectivity index (χ1v) is 26.5. The standard InChI is InChI=1S/C56H75F2N11O6/c1-5-66(40-59)52(60)29-56(38-74-39-56)45-8-6-9-47(28-45)68-35-51-50(55(2,57)58)26-42(32-69(51)54(68)73)31-65-17-7-10-49(34-65)75-25-24-63-18-15-41(16-19-63)30-64-20-22-67(23-21-64)46-12-11-43(36-70)44(27-46)33-62(4)48(37-71)13-14-53(72)61-3/h6,8-12,26-28,32,35-37,40-41,48,59-60H,5,7,13-25,29-31,33-34,38-39H2,1-4H3,(H,61,72). The molecule has 3 fully saturated rings. The van der Waals surface area contributed by atoms with Crippen LogP contribution in [0.5, 0.6) is 0 Å². The second kappa shape index (κ2) is 24.7. The maximum absolute atomic E-state index is 15.4. The summed E-state index contributed by atoms with van der Waals surface area (Å²) in [6.07, 6.45) is 12.2. The number of halogens is 2. The van der Waals surface area contributed by atoms with E-state index in [0.717, 1.165) is 127 Å². The highest BCUT2D eigenvalue weighted by Gasteiger charge is 2.42. The maximum atomic E-state index is 15.4. The largest absolute Gasteiger partial charge is 0.496 e. The molecule has 4 aromatic rings. The second-order valence-electron chi connectivity index (χ2n) is 21.0. The molecule has 17 nitrogen and oxygen atoms in total. The van der Waals surface area contributed by atoms with E-state index < -0.39 is 23.1 Å². The zero-order valence-electron chi connectivity index (χ0n) is 44.1. The molecule has 1 unspecified atom stereocenters. The number of benzene rings is 2. The summed E-state index contributed by atoms with van der Waals surface area (Å²) in [6, 6.07) is 14.5. The predicted octanol–water partition coefficient (Wildman–Crippen LogP) is 5.74. The number of imidazole rings is 1. The number of hydrogen-bond donors (Lipinski definition) is 3. The van der Waals surface area contributed by atoms with Gasteiger partial charge in [0, 0.05) is 127 Å². The number of alkyl halides is 2. The summed E-state index contributed by atoms with van der Waals surface area (Å²) in [5, 5.41) is 18.9. The third-order valence-corrected chi connectivity index (χ3v) is 15.7. The first-order chi connectivity index (χ1) is 36.1. The maximum Gasteiger partial charge on any atom is 0.337 e. The van der Waals surface area contributed by atoms with E-state index in [4.69, 9.17) is 20.3 Å². The van der Waals surface area contributed by atoms with Crippen molar-refractivity contribution in [3.8, 4) is 5.69 Å². The van der Waals surface area contributed by atoms with Gasteiger partial charge in [-0.2, -0.15) is 0 Å². The average molecular weight is 1040 g/mol. The van der Waals surface area contributed by atoms with Crippen LogP contribution in [-0.4, -0.2) is 176 Å². The van der Waals surface area contributed by atoms with Gasteiger partial charge in [0.1, 0.15) is 30.8 Å². The van der Waals surface area contributed by atoms with Crippen molar-refractivity contribution < 1.29 is 32.6 Å². The molecule has 19 heteroatoms. The number of aromatic nitrogens is 2. The van der Waals surface area contributed by atoms with Crippen LogP contribution in [-0.2, 0) is 43.5 Å². The fraction of sp³-hybridized carbons (Fsp3) is 0.536. The quantitative estimate of drug-likeness (QED) is 0.0442. The molecule has 0 spiro atoms. The summed E-state index contributed by atoms with van der Waals surface area (Å²) in [5.41, 5.74) is 3.52. The van der Waals surface area contributed by atoms with Crippen molar-refractivity contribution in [3.63, 3.8) is 0 Å². The second-order valence-corrected chi connectivity index (χ2v) is 21.0. The van der Waals surface area contributed by atoms with Crippen molar-refractivity contribution in [1.29, 1.82) is 10.8 Å².